The summed E-state index contributed by atoms with van der Waals surface area (Å²) in [7, 11) is 1.55. The van der Waals surface area contributed by atoms with Gasteiger partial charge in [-0.15, -0.1) is 0 Å². The van der Waals surface area contributed by atoms with Crippen LogP contribution in [0, 0.1) is 0 Å². The Morgan fingerprint density at radius 2 is 2.12 bits per heavy atom. The minimum Gasteiger partial charge on any atom is -0.497 e. The highest BCUT2D eigenvalue weighted by atomic mass is 16.5. The molecule has 0 radical (unpaired) electrons. The van der Waals surface area contributed by atoms with Gasteiger partial charge in [-0.1, -0.05) is 6.07 Å². The van der Waals surface area contributed by atoms with Gasteiger partial charge in [-0.2, -0.15) is 0 Å². The number of carbonyl (C=O) groups is 2. The second-order valence-electron chi connectivity index (χ2n) is 6.08. The first-order chi connectivity index (χ1) is 11.4. The van der Waals surface area contributed by atoms with Gasteiger partial charge >= 0.3 is 6.03 Å². The minimum atomic E-state index is -1.11. The van der Waals surface area contributed by atoms with Crippen LogP contribution in [0.2, 0.25) is 0 Å². The van der Waals surface area contributed by atoms with E-state index in [0.29, 0.717) is 18.0 Å². The third kappa shape index (κ3) is 4.15. The number of methoxy groups -OCH3 is 1. The van der Waals surface area contributed by atoms with Gasteiger partial charge in [-0.3, -0.25) is 4.79 Å². The molecule has 0 bridgehead atoms. The minimum absolute atomic E-state index is 0.0966. The SMILES string of the molecule is COc1cccc(N2CC(NC(=O)NC(C)(CO)CO)CC2=O)c1. The number of aliphatic hydroxyl groups excluding tert-OH is 2. The van der Waals surface area contributed by atoms with E-state index in [0.717, 1.165) is 0 Å². The van der Waals surface area contributed by atoms with E-state index in [-0.39, 0.29) is 18.4 Å². The quantitative estimate of drug-likeness (QED) is 0.577. The highest BCUT2D eigenvalue weighted by Crippen LogP contribution is 2.25. The molecular weight excluding hydrogens is 314 g/mol. The summed E-state index contributed by atoms with van der Waals surface area (Å²) in [5.41, 5.74) is -0.404. The van der Waals surface area contributed by atoms with Gasteiger partial charge in [0.2, 0.25) is 5.91 Å². The van der Waals surface area contributed by atoms with Crippen LogP contribution in [0.1, 0.15) is 13.3 Å². The fourth-order valence-electron chi connectivity index (χ4n) is 2.46. The molecule has 1 aliphatic rings. The van der Waals surface area contributed by atoms with Crippen LogP contribution in [0.4, 0.5) is 10.5 Å². The van der Waals surface area contributed by atoms with Gasteiger partial charge in [0, 0.05) is 24.7 Å². The van der Waals surface area contributed by atoms with Crippen LogP contribution in [-0.2, 0) is 4.79 Å². The number of aliphatic hydroxyl groups is 2. The van der Waals surface area contributed by atoms with Crippen molar-refractivity contribution in [2.24, 2.45) is 0 Å². The molecule has 1 aromatic rings. The molecule has 1 atom stereocenters. The van der Waals surface area contributed by atoms with Crippen molar-refractivity contribution in [1.29, 1.82) is 0 Å². The normalized spacial score (nSPS) is 17.8. The van der Waals surface area contributed by atoms with Crippen LogP contribution in [0.5, 0.6) is 5.75 Å². The molecule has 0 aromatic heterocycles. The van der Waals surface area contributed by atoms with Crippen LogP contribution < -0.4 is 20.3 Å². The summed E-state index contributed by atoms with van der Waals surface area (Å²) < 4.78 is 5.16. The Bertz CT molecular complexity index is 603. The molecule has 1 aromatic carbocycles. The average molecular weight is 337 g/mol. The maximum atomic E-state index is 12.2. The summed E-state index contributed by atoms with van der Waals surface area (Å²) in [5, 5.41) is 23.6. The number of amides is 3. The number of urea groups is 1. The Hall–Kier alpha value is -2.32. The zero-order valence-corrected chi connectivity index (χ0v) is 13.8. The first kappa shape index (κ1) is 18.0. The number of carbonyl (C=O) groups excluding carboxylic acids is 2. The van der Waals surface area contributed by atoms with Crippen LogP contribution in [0.3, 0.4) is 0 Å². The molecule has 0 aliphatic carbocycles. The van der Waals surface area contributed by atoms with E-state index in [1.807, 2.05) is 0 Å². The molecule has 2 rings (SSSR count). The Balaban J connectivity index is 1.98. The number of hydrogen-bond acceptors (Lipinski definition) is 5. The molecule has 132 valence electrons. The van der Waals surface area contributed by atoms with Crippen LogP contribution in [0.15, 0.2) is 24.3 Å². The molecule has 1 unspecified atom stereocenters. The highest BCUT2D eigenvalue weighted by Gasteiger charge is 2.33. The van der Waals surface area contributed by atoms with Crippen LogP contribution in [0.25, 0.3) is 0 Å². The lowest BCUT2D eigenvalue weighted by atomic mass is 10.1. The third-order valence-electron chi connectivity index (χ3n) is 3.94. The van der Waals surface area contributed by atoms with Crippen molar-refractivity contribution in [3.05, 3.63) is 24.3 Å². The van der Waals surface area contributed by atoms with E-state index in [1.165, 1.54) is 6.92 Å². The molecule has 1 fully saturated rings. The number of benzene rings is 1. The molecule has 8 heteroatoms. The van der Waals surface area contributed by atoms with E-state index in [4.69, 9.17) is 4.74 Å². The van der Waals surface area contributed by atoms with Gasteiger partial charge in [0.25, 0.3) is 0 Å². The molecule has 24 heavy (non-hydrogen) atoms. The van der Waals surface area contributed by atoms with Gasteiger partial charge in [-0.05, 0) is 19.1 Å². The van der Waals surface area contributed by atoms with E-state index < -0.39 is 24.8 Å². The Labute approximate surface area is 140 Å². The summed E-state index contributed by atoms with van der Waals surface area (Å²) in [5.74, 6) is 0.553. The van der Waals surface area contributed by atoms with Gasteiger partial charge < -0.3 is 30.5 Å². The third-order valence-corrected chi connectivity index (χ3v) is 3.94. The summed E-state index contributed by atoms with van der Waals surface area (Å²) in [6.07, 6.45) is 0.180. The predicted octanol–water partition coefficient (Wildman–Crippen LogP) is -0.157. The molecule has 8 nitrogen and oxygen atoms in total. The van der Waals surface area contributed by atoms with Gasteiger partial charge in [0.1, 0.15) is 5.75 Å². The zero-order valence-electron chi connectivity index (χ0n) is 13.8. The van der Waals surface area contributed by atoms with Crippen molar-refractivity contribution in [2.45, 2.75) is 24.9 Å². The predicted molar refractivity (Wildman–Crippen MR) is 88.0 cm³/mol. The number of hydrogen-bond donors (Lipinski definition) is 4. The second-order valence-corrected chi connectivity index (χ2v) is 6.08. The topological polar surface area (TPSA) is 111 Å². The Kier molecular flexibility index (Phi) is 5.63. The zero-order chi connectivity index (χ0) is 17.7. The maximum absolute atomic E-state index is 12.2. The van der Waals surface area contributed by atoms with Crippen molar-refractivity contribution in [2.75, 3.05) is 31.8 Å². The van der Waals surface area contributed by atoms with Crippen molar-refractivity contribution >= 4 is 17.6 Å². The highest BCUT2D eigenvalue weighted by molar-refractivity contribution is 5.97. The first-order valence-electron chi connectivity index (χ1n) is 7.65. The lowest BCUT2D eigenvalue weighted by Crippen LogP contribution is -2.56. The number of anilines is 1. The molecule has 0 spiro atoms. The molecule has 1 aliphatic heterocycles. The fourth-order valence-corrected chi connectivity index (χ4v) is 2.46. The molecule has 3 amide bonds. The monoisotopic (exact) mass is 337 g/mol. The van der Waals surface area contributed by atoms with Crippen molar-refractivity contribution in [1.82, 2.24) is 10.6 Å². The smallest absolute Gasteiger partial charge is 0.315 e. The number of nitrogens with zero attached hydrogens (tertiary/aromatic N) is 1. The Morgan fingerprint density at radius 1 is 1.42 bits per heavy atom. The molecule has 4 N–H and O–H groups in total. The molecule has 1 saturated heterocycles. The van der Waals surface area contributed by atoms with Crippen molar-refractivity contribution < 1.29 is 24.5 Å². The second kappa shape index (κ2) is 7.50. The fraction of sp³-hybridized carbons (Fsp3) is 0.500. The Morgan fingerprint density at radius 3 is 2.75 bits per heavy atom. The van der Waals surface area contributed by atoms with Crippen LogP contribution >= 0.6 is 0 Å². The molecule has 0 saturated carbocycles. The molecular formula is C16H23N3O5. The lowest BCUT2D eigenvalue weighted by molar-refractivity contribution is -0.117. The summed E-state index contributed by atoms with van der Waals surface area (Å²) in [4.78, 5) is 25.8. The largest absolute Gasteiger partial charge is 0.497 e. The van der Waals surface area contributed by atoms with Gasteiger partial charge in [0.15, 0.2) is 0 Å². The van der Waals surface area contributed by atoms with E-state index in [9.17, 15) is 19.8 Å². The lowest BCUT2D eigenvalue weighted by Gasteiger charge is -2.27. The average Bonchev–Trinajstić information content (AvgIpc) is 2.94. The van der Waals surface area contributed by atoms with Crippen LogP contribution in [-0.4, -0.2) is 60.6 Å². The number of nitrogens with one attached hydrogen (secondary N) is 2. The van der Waals surface area contributed by atoms with Gasteiger partial charge in [-0.25, -0.2) is 4.79 Å². The van der Waals surface area contributed by atoms with E-state index in [2.05, 4.69) is 10.6 Å². The number of rotatable bonds is 6. The summed E-state index contributed by atoms with van der Waals surface area (Å²) in [6, 6.07) is 6.25. The summed E-state index contributed by atoms with van der Waals surface area (Å²) in [6.45, 7) is 1.08. The van der Waals surface area contributed by atoms with Crippen molar-refractivity contribution in [3.63, 3.8) is 0 Å². The summed E-state index contributed by atoms with van der Waals surface area (Å²) >= 11 is 0. The first-order valence-corrected chi connectivity index (χ1v) is 7.65. The van der Waals surface area contributed by atoms with Crippen molar-refractivity contribution in [3.8, 4) is 5.75 Å². The standard InChI is InChI=1S/C16H23N3O5/c1-16(9-20,10-21)18-15(23)17-11-6-14(22)19(8-11)12-4-3-5-13(7-12)24-2/h3-5,7,11,20-21H,6,8-10H2,1-2H3,(H2,17,18,23). The maximum Gasteiger partial charge on any atom is 0.315 e. The number of ether oxygens (including phenoxy) is 1. The molecule has 1 heterocycles. The van der Waals surface area contributed by atoms with E-state index in [1.54, 1.807) is 36.3 Å². The van der Waals surface area contributed by atoms with E-state index >= 15 is 0 Å². The van der Waals surface area contributed by atoms with Gasteiger partial charge in [0.05, 0.1) is 31.9 Å².